The SMILES string of the molecule is CCOC(=O)C(C)(C)N1CCC(N(C2CC2)S(=O)(=O)c2cccc(C(F)(F)F)c2)CC1. The number of halogens is 3. The topological polar surface area (TPSA) is 66.9 Å². The number of likely N-dealkylation sites (tertiary alicyclic amines) is 1. The second-order valence-corrected chi connectivity index (χ2v) is 10.4. The van der Waals surface area contributed by atoms with E-state index in [4.69, 9.17) is 4.74 Å². The second-order valence-electron chi connectivity index (χ2n) is 8.59. The predicted molar refractivity (Wildman–Crippen MR) is 109 cm³/mol. The van der Waals surface area contributed by atoms with Crippen LogP contribution in [-0.4, -0.2) is 60.9 Å². The summed E-state index contributed by atoms with van der Waals surface area (Å²) in [7, 11) is -4.07. The first-order valence-electron chi connectivity index (χ1n) is 10.5. The zero-order valence-electron chi connectivity index (χ0n) is 18.0. The minimum Gasteiger partial charge on any atom is -0.465 e. The molecule has 1 saturated heterocycles. The van der Waals surface area contributed by atoms with Gasteiger partial charge in [0.05, 0.1) is 17.1 Å². The molecule has 2 fully saturated rings. The lowest BCUT2D eigenvalue weighted by Gasteiger charge is -2.43. The maximum Gasteiger partial charge on any atom is 0.416 e. The van der Waals surface area contributed by atoms with Gasteiger partial charge in [0.25, 0.3) is 0 Å². The largest absolute Gasteiger partial charge is 0.465 e. The molecule has 0 bridgehead atoms. The van der Waals surface area contributed by atoms with Crippen LogP contribution in [0.25, 0.3) is 0 Å². The van der Waals surface area contributed by atoms with Gasteiger partial charge in [-0.1, -0.05) is 6.07 Å². The molecule has 1 aliphatic heterocycles. The highest BCUT2D eigenvalue weighted by Crippen LogP contribution is 2.38. The van der Waals surface area contributed by atoms with Gasteiger partial charge in [-0.2, -0.15) is 17.5 Å². The highest BCUT2D eigenvalue weighted by atomic mass is 32.2. The molecular formula is C21H29F3N2O4S. The van der Waals surface area contributed by atoms with E-state index in [1.807, 2.05) is 4.90 Å². The number of benzene rings is 1. The van der Waals surface area contributed by atoms with E-state index in [0.717, 1.165) is 12.1 Å². The van der Waals surface area contributed by atoms with Crippen LogP contribution in [0.3, 0.4) is 0 Å². The summed E-state index contributed by atoms with van der Waals surface area (Å²) >= 11 is 0. The molecule has 0 aromatic heterocycles. The van der Waals surface area contributed by atoms with Crippen LogP contribution >= 0.6 is 0 Å². The molecular weight excluding hydrogens is 433 g/mol. The minimum absolute atomic E-state index is 0.186. The summed E-state index contributed by atoms with van der Waals surface area (Å²) < 4.78 is 72.6. The Bertz CT molecular complexity index is 905. The van der Waals surface area contributed by atoms with Crippen molar-refractivity contribution in [1.82, 2.24) is 9.21 Å². The molecule has 0 spiro atoms. The molecule has 0 N–H and O–H groups in total. The number of rotatable bonds is 7. The third-order valence-electron chi connectivity index (χ3n) is 6.03. The third kappa shape index (κ3) is 5.06. The number of sulfonamides is 1. The van der Waals surface area contributed by atoms with Crippen LogP contribution in [0.15, 0.2) is 29.2 Å². The molecule has 2 aliphatic rings. The number of carbonyl (C=O) groups excluding carboxylic acids is 1. The van der Waals surface area contributed by atoms with Gasteiger partial charge >= 0.3 is 12.1 Å². The first-order chi connectivity index (χ1) is 14.4. The minimum atomic E-state index is -4.61. The van der Waals surface area contributed by atoms with E-state index in [-0.39, 0.29) is 29.6 Å². The fraction of sp³-hybridized carbons (Fsp3) is 0.667. The van der Waals surface area contributed by atoms with Gasteiger partial charge in [-0.05, 0) is 64.7 Å². The van der Waals surface area contributed by atoms with Crippen LogP contribution in [-0.2, 0) is 25.7 Å². The van der Waals surface area contributed by atoms with Crippen molar-refractivity contribution in [2.45, 2.75) is 75.1 Å². The van der Waals surface area contributed by atoms with Crippen LogP contribution in [0.5, 0.6) is 0 Å². The average molecular weight is 463 g/mol. The number of nitrogens with zero attached hydrogens (tertiary/aromatic N) is 2. The van der Waals surface area contributed by atoms with E-state index in [1.165, 1.54) is 10.4 Å². The van der Waals surface area contributed by atoms with Crippen LogP contribution in [0.2, 0.25) is 0 Å². The maximum absolute atomic E-state index is 13.3. The summed E-state index contributed by atoms with van der Waals surface area (Å²) in [4.78, 5) is 13.9. The van der Waals surface area contributed by atoms with Crippen molar-refractivity contribution in [1.29, 1.82) is 0 Å². The molecule has 0 atom stereocenters. The van der Waals surface area contributed by atoms with E-state index in [0.29, 0.717) is 44.8 Å². The Labute approximate surface area is 181 Å². The molecule has 1 heterocycles. The third-order valence-corrected chi connectivity index (χ3v) is 8.03. The van der Waals surface area contributed by atoms with Crippen molar-refractivity contribution in [3.8, 4) is 0 Å². The molecule has 3 rings (SSSR count). The molecule has 1 aromatic rings. The Hall–Kier alpha value is -1.65. The van der Waals surface area contributed by atoms with E-state index in [2.05, 4.69) is 0 Å². The predicted octanol–water partition coefficient (Wildman–Crippen LogP) is 3.66. The first kappa shape index (κ1) is 24.0. The number of ether oxygens (including phenoxy) is 1. The Morgan fingerprint density at radius 3 is 2.23 bits per heavy atom. The van der Waals surface area contributed by atoms with Gasteiger partial charge in [-0.15, -0.1) is 0 Å². The average Bonchev–Trinajstić information content (AvgIpc) is 3.53. The monoisotopic (exact) mass is 462 g/mol. The maximum atomic E-state index is 13.3. The standard InChI is InChI=1S/C21H29F3N2O4S/c1-4-30-19(27)20(2,3)25-12-10-17(11-13-25)26(16-8-9-16)31(28,29)18-7-5-6-15(14-18)21(22,23)24/h5-7,14,16-17H,4,8-13H2,1-3H3. The van der Waals surface area contributed by atoms with Gasteiger partial charge in [0.2, 0.25) is 10.0 Å². The molecule has 1 aliphatic carbocycles. The van der Waals surface area contributed by atoms with Gasteiger partial charge in [-0.3, -0.25) is 9.69 Å². The zero-order chi connectivity index (χ0) is 23.0. The summed E-state index contributed by atoms with van der Waals surface area (Å²) in [5, 5.41) is 0. The van der Waals surface area contributed by atoms with Crippen molar-refractivity contribution in [3.63, 3.8) is 0 Å². The van der Waals surface area contributed by atoms with E-state index in [1.54, 1.807) is 20.8 Å². The lowest BCUT2D eigenvalue weighted by Crippen LogP contribution is -2.57. The molecule has 6 nitrogen and oxygen atoms in total. The molecule has 0 radical (unpaired) electrons. The van der Waals surface area contributed by atoms with E-state index < -0.39 is 27.3 Å². The van der Waals surface area contributed by atoms with Gasteiger partial charge < -0.3 is 4.74 Å². The number of piperidine rings is 1. The van der Waals surface area contributed by atoms with Crippen LogP contribution < -0.4 is 0 Å². The second kappa shape index (κ2) is 8.71. The Morgan fingerprint density at radius 1 is 1.13 bits per heavy atom. The highest BCUT2D eigenvalue weighted by Gasteiger charge is 2.46. The number of hydrogen-bond acceptors (Lipinski definition) is 5. The van der Waals surface area contributed by atoms with Crippen LogP contribution in [0.4, 0.5) is 13.2 Å². The lowest BCUT2D eigenvalue weighted by atomic mass is 9.96. The Morgan fingerprint density at radius 2 is 1.71 bits per heavy atom. The summed E-state index contributed by atoms with van der Waals surface area (Å²) in [6.07, 6.45) is -2.21. The van der Waals surface area contributed by atoms with Gasteiger partial charge in [0.15, 0.2) is 0 Å². The number of esters is 1. The molecule has 1 saturated carbocycles. The molecule has 31 heavy (non-hydrogen) atoms. The molecule has 174 valence electrons. The molecule has 1 aromatic carbocycles. The van der Waals surface area contributed by atoms with Gasteiger partial charge in [-0.25, -0.2) is 8.42 Å². The fourth-order valence-electron chi connectivity index (χ4n) is 4.09. The van der Waals surface area contributed by atoms with E-state index in [9.17, 15) is 26.4 Å². The Balaban J connectivity index is 1.79. The number of alkyl halides is 3. The van der Waals surface area contributed by atoms with Gasteiger partial charge in [0.1, 0.15) is 5.54 Å². The van der Waals surface area contributed by atoms with Crippen molar-refractivity contribution in [2.24, 2.45) is 0 Å². The van der Waals surface area contributed by atoms with Crippen LogP contribution in [0.1, 0.15) is 52.0 Å². The van der Waals surface area contributed by atoms with Crippen molar-refractivity contribution < 1.29 is 31.1 Å². The first-order valence-corrected chi connectivity index (χ1v) is 12.0. The number of hydrogen-bond donors (Lipinski definition) is 0. The summed E-state index contributed by atoms with van der Waals surface area (Å²) in [5.41, 5.74) is -1.80. The van der Waals surface area contributed by atoms with Crippen LogP contribution in [0, 0.1) is 0 Å². The summed E-state index contributed by atoms with van der Waals surface area (Å²) in [6.45, 7) is 6.58. The molecule has 0 amide bonds. The van der Waals surface area contributed by atoms with Crippen molar-refractivity contribution in [3.05, 3.63) is 29.8 Å². The smallest absolute Gasteiger partial charge is 0.416 e. The quantitative estimate of drug-likeness (QED) is 0.579. The molecule has 0 unspecified atom stereocenters. The van der Waals surface area contributed by atoms with E-state index >= 15 is 0 Å². The summed E-state index contributed by atoms with van der Waals surface area (Å²) in [6, 6.07) is 3.43. The Kier molecular flexibility index (Phi) is 6.74. The molecule has 10 heteroatoms. The summed E-state index contributed by atoms with van der Waals surface area (Å²) in [5.74, 6) is -0.330. The number of carbonyl (C=O) groups is 1. The lowest BCUT2D eigenvalue weighted by molar-refractivity contribution is -0.156. The van der Waals surface area contributed by atoms with Crippen molar-refractivity contribution in [2.75, 3.05) is 19.7 Å². The normalized spacial score (nSPS) is 19.6. The zero-order valence-corrected chi connectivity index (χ0v) is 18.8. The highest BCUT2D eigenvalue weighted by molar-refractivity contribution is 7.89. The van der Waals surface area contributed by atoms with Gasteiger partial charge in [0, 0.05) is 25.2 Å². The fourth-order valence-corrected chi connectivity index (χ4v) is 6.07. The van der Waals surface area contributed by atoms with Crippen molar-refractivity contribution >= 4 is 16.0 Å².